The summed E-state index contributed by atoms with van der Waals surface area (Å²) in [5.41, 5.74) is 0.721. The van der Waals surface area contributed by atoms with Crippen LogP contribution in [0.3, 0.4) is 0 Å². The number of aromatic carboxylic acids is 1. The monoisotopic (exact) mass is 247 g/mol. The Bertz CT molecular complexity index is 537. The normalized spacial score (nSPS) is 10.3. The second kappa shape index (κ2) is 5.31. The van der Waals surface area contributed by atoms with Crippen LogP contribution < -0.4 is 4.74 Å². The zero-order valence-corrected chi connectivity index (χ0v) is 9.91. The Balaban J connectivity index is 2.12. The Morgan fingerprint density at radius 3 is 2.94 bits per heavy atom. The number of hydrogen-bond donors (Lipinski definition) is 1. The molecule has 2 heterocycles. The van der Waals surface area contributed by atoms with Gasteiger partial charge in [-0.1, -0.05) is 0 Å². The molecule has 0 bridgehead atoms. The summed E-state index contributed by atoms with van der Waals surface area (Å²) in [5.74, 6) is -0.370. The molecule has 1 N–H and O–H groups in total. The van der Waals surface area contributed by atoms with Crippen molar-refractivity contribution in [2.45, 2.75) is 20.1 Å². The van der Waals surface area contributed by atoms with Crippen molar-refractivity contribution in [2.24, 2.45) is 0 Å². The van der Waals surface area contributed by atoms with Crippen molar-refractivity contribution < 1.29 is 14.6 Å². The van der Waals surface area contributed by atoms with Gasteiger partial charge in [0, 0.05) is 12.7 Å². The van der Waals surface area contributed by atoms with Crippen LogP contribution in [0.2, 0.25) is 0 Å². The summed E-state index contributed by atoms with van der Waals surface area (Å²) in [4.78, 5) is 18.7. The van der Waals surface area contributed by atoms with Crippen LogP contribution in [0.5, 0.6) is 5.75 Å². The maximum atomic E-state index is 10.9. The summed E-state index contributed by atoms with van der Waals surface area (Å²) in [6.45, 7) is 2.66. The average molecular weight is 247 g/mol. The number of carboxylic acids is 1. The molecule has 0 aliphatic heterocycles. The number of hydrogen-bond acceptors (Lipinski definition) is 4. The molecule has 2 aromatic heterocycles. The van der Waals surface area contributed by atoms with E-state index in [0.717, 1.165) is 5.69 Å². The summed E-state index contributed by atoms with van der Waals surface area (Å²) in [6.07, 6.45) is 4.78. The van der Waals surface area contributed by atoms with Crippen LogP contribution in [0.1, 0.15) is 23.2 Å². The summed E-state index contributed by atoms with van der Waals surface area (Å²) < 4.78 is 7.12. The zero-order valence-electron chi connectivity index (χ0n) is 9.91. The third-order valence-corrected chi connectivity index (χ3v) is 2.47. The van der Waals surface area contributed by atoms with Crippen LogP contribution in [0.15, 0.2) is 30.7 Å². The Morgan fingerprint density at radius 2 is 2.33 bits per heavy atom. The fourth-order valence-corrected chi connectivity index (χ4v) is 1.64. The van der Waals surface area contributed by atoms with Crippen LogP contribution in [0.4, 0.5) is 0 Å². The highest BCUT2D eigenvalue weighted by atomic mass is 16.5. The van der Waals surface area contributed by atoms with E-state index in [2.05, 4.69) is 9.97 Å². The molecule has 0 spiro atoms. The van der Waals surface area contributed by atoms with E-state index in [4.69, 9.17) is 9.84 Å². The van der Waals surface area contributed by atoms with Crippen LogP contribution in [0.25, 0.3) is 0 Å². The highest BCUT2D eigenvalue weighted by Gasteiger charge is 2.14. The van der Waals surface area contributed by atoms with E-state index < -0.39 is 5.97 Å². The molecule has 0 amide bonds. The molecule has 0 unspecified atom stereocenters. The Labute approximate surface area is 104 Å². The first kappa shape index (κ1) is 12.1. The first-order valence-electron chi connectivity index (χ1n) is 5.53. The minimum Gasteiger partial charge on any atom is -0.486 e. The van der Waals surface area contributed by atoms with Gasteiger partial charge >= 0.3 is 5.97 Å². The van der Waals surface area contributed by atoms with Crippen molar-refractivity contribution in [1.82, 2.24) is 14.5 Å². The lowest BCUT2D eigenvalue weighted by atomic mass is 10.4. The van der Waals surface area contributed by atoms with E-state index in [-0.39, 0.29) is 12.4 Å². The maximum Gasteiger partial charge on any atom is 0.372 e. The molecule has 94 valence electrons. The molecule has 0 radical (unpaired) electrons. The molecule has 0 saturated carbocycles. The first-order chi connectivity index (χ1) is 8.72. The number of aromatic nitrogens is 3. The summed E-state index contributed by atoms with van der Waals surface area (Å²) in [7, 11) is 0. The first-order valence-corrected chi connectivity index (χ1v) is 5.53. The number of imidazole rings is 1. The lowest BCUT2D eigenvalue weighted by Gasteiger charge is -2.08. The van der Waals surface area contributed by atoms with Crippen molar-refractivity contribution in [2.75, 3.05) is 0 Å². The van der Waals surface area contributed by atoms with Gasteiger partial charge in [0.2, 0.25) is 5.82 Å². The van der Waals surface area contributed by atoms with Crippen molar-refractivity contribution >= 4 is 5.97 Å². The predicted molar refractivity (Wildman–Crippen MR) is 63.4 cm³/mol. The highest BCUT2D eigenvalue weighted by Crippen LogP contribution is 2.12. The molecule has 0 atom stereocenters. The molecule has 0 aliphatic carbocycles. The standard InChI is InChI=1S/C12H13N3O3/c1-2-15-9(6-14-11(15)12(16)17)8-18-10-4-3-5-13-7-10/h3-7H,2,8H2,1H3,(H,16,17). The van der Waals surface area contributed by atoms with Gasteiger partial charge in [-0.3, -0.25) is 4.98 Å². The highest BCUT2D eigenvalue weighted by molar-refractivity contribution is 5.83. The second-order valence-corrected chi connectivity index (χ2v) is 3.60. The summed E-state index contributed by atoms with van der Waals surface area (Å²) in [6, 6.07) is 3.56. The summed E-state index contributed by atoms with van der Waals surface area (Å²) in [5, 5.41) is 8.96. The number of carbonyl (C=O) groups is 1. The van der Waals surface area contributed by atoms with Gasteiger partial charge in [-0.05, 0) is 19.1 Å². The molecular formula is C12H13N3O3. The number of ether oxygens (including phenoxy) is 1. The van der Waals surface area contributed by atoms with Crippen LogP contribution in [-0.2, 0) is 13.2 Å². The van der Waals surface area contributed by atoms with Gasteiger partial charge in [-0.25, -0.2) is 9.78 Å². The Morgan fingerprint density at radius 1 is 1.50 bits per heavy atom. The maximum absolute atomic E-state index is 10.9. The van der Waals surface area contributed by atoms with Crippen molar-refractivity contribution in [1.29, 1.82) is 0 Å². The van der Waals surface area contributed by atoms with Gasteiger partial charge in [0.1, 0.15) is 12.4 Å². The molecule has 0 aromatic carbocycles. The third kappa shape index (κ3) is 2.48. The van der Waals surface area contributed by atoms with Crippen LogP contribution in [-0.4, -0.2) is 25.6 Å². The molecule has 2 rings (SSSR count). The molecular weight excluding hydrogens is 234 g/mol. The molecule has 2 aromatic rings. The van der Waals surface area contributed by atoms with Gasteiger partial charge in [0.05, 0.1) is 18.1 Å². The van der Waals surface area contributed by atoms with Gasteiger partial charge < -0.3 is 14.4 Å². The minimum absolute atomic E-state index is 0.0299. The Hall–Kier alpha value is -2.37. The molecule has 18 heavy (non-hydrogen) atoms. The zero-order chi connectivity index (χ0) is 13.0. The van der Waals surface area contributed by atoms with Crippen molar-refractivity contribution in [3.63, 3.8) is 0 Å². The fourth-order valence-electron chi connectivity index (χ4n) is 1.64. The van der Waals surface area contributed by atoms with Crippen molar-refractivity contribution in [3.8, 4) is 5.75 Å². The van der Waals surface area contributed by atoms with E-state index in [1.165, 1.54) is 6.20 Å². The Kier molecular flexibility index (Phi) is 3.57. The quantitative estimate of drug-likeness (QED) is 0.867. The largest absolute Gasteiger partial charge is 0.486 e. The molecule has 6 nitrogen and oxygen atoms in total. The van der Waals surface area contributed by atoms with E-state index >= 15 is 0 Å². The van der Waals surface area contributed by atoms with Gasteiger partial charge in [-0.2, -0.15) is 0 Å². The van der Waals surface area contributed by atoms with E-state index in [1.807, 2.05) is 6.92 Å². The number of pyridine rings is 1. The third-order valence-electron chi connectivity index (χ3n) is 2.47. The molecule has 6 heteroatoms. The SMILES string of the molecule is CCn1c(COc2cccnc2)cnc1C(=O)O. The lowest BCUT2D eigenvalue weighted by molar-refractivity contribution is 0.0677. The molecule has 0 fully saturated rings. The predicted octanol–water partition coefficient (Wildman–Crippen LogP) is 1.58. The lowest BCUT2D eigenvalue weighted by Crippen LogP contribution is -2.12. The molecule has 0 aliphatic rings. The van der Waals surface area contributed by atoms with Gasteiger partial charge in [-0.15, -0.1) is 0 Å². The number of rotatable bonds is 5. The average Bonchev–Trinajstić information content (AvgIpc) is 2.80. The van der Waals surface area contributed by atoms with Gasteiger partial charge in [0.25, 0.3) is 0 Å². The summed E-state index contributed by atoms with van der Waals surface area (Å²) >= 11 is 0. The van der Waals surface area contributed by atoms with Crippen LogP contribution >= 0.6 is 0 Å². The molecule has 0 saturated heterocycles. The van der Waals surface area contributed by atoms with Crippen molar-refractivity contribution in [3.05, 3.63) is 42.2 Å². The second-order valence-electron chi connectivity index (χ2n) is 3.60. The number of nitrogens with zero attached hydrogens (tertiary/aromatic N) is 3. The topological polar surface area (TPSA) is 77.2 Å². The van der Waals surface area contributed by atoms with E-state index in [0.29, 0.717) is 12.3 Å². The van der Waals surface area contributed by atoms with E-state index in [9.17, 15) is 4.79 Å². The number of carboxylic acid groups (broad SMARTS) is 1. The van der Waals surface area contributed by atoms with E-state index in [1.54, 1.807) is 29.1 Å². The smallest absolute Gasteiger partial charge is 0.372 e. The minimum atomic E-state index is -1.04. The van der Waals surface area contributed by atoms with Crippen LogP contribution in [0, 0.1) is 0 Å². The van der Waals surface area contributed by atoms with Gasteiger partial charge in [0.15, 0.2) is 0 Å². The fraction of sp³-hybridized carbons (Fsp3) is 0.250.